The van der Waals surface area contributed by atoms with Crippen molar-refractivity contribution in [3.63, 3.8) is 0 Å². The van der Waals surface area contributed by atoms with Crippen LogP contribution in [-0.4, -0.2) is 28.8 Å². The summed E-state index contributed by atoms with van der Waals surface area (Å²) in [6.07, 6.45) is 3.26. The number of carboxylic acid groups (broad SMARTS) is 1. The lowest BCUT2D eigenvalue weighted by Gasteiger charge is -2.22. The molecule has 0 aliphatic heterocycles. The van der Waals surface area contributed by atoms with Crippen molar-refractivity contribution < 1.29 is 19.4 Å². The van der Waals surface area contributed by atoms with Crippen LogP contribution in [0.15, 0.2) is 42.5 Å². The molecule has 1 rings (SSSR count). The highest BCUT2D eigenvalue weighted by Crippen LogP contribution is 2.09. The van der Waals surface area contributed by atoms with E-state index in [1.807, 2.05) is 30.3 Å². The van der Waals surface area contributed by atoms with Crippen LogP contribution in [0.1, 0.15) is 32.8 Å². The first kappa shape index (κ1) is 17.8. The zero-order valence-electron chi connectivity index (χ0n) is 13.2. The van der Waals surface area contributed by atoms with Crippen LogP contribution in [0.3, 0.4) is 0 Å². The van der Waals surface area contributed by atoms with E-state index in [-0.39, 0.29) is 0 Å². The first-order valence-electron chi connectivity index (χ1n) is 7.21. The van der Waals surface area contributed by atoms with Crippen molar-refractivity contribution in [2.45, 2.75) is 45.3 Å². The lowest BCUT2D eigenvalue weighted by molar-refractivity contribution is -0.131. The maximum absolute atomic E-state index is 11.8. The number of rotatable bonds is 6. The van der Waals surface area contributed by atoms with Gasteiger partial charge >= 0.3 is 12.1 Å². The molecule has 0 saturated heterocycles. The molecule has 22 heavy (non-hydrogen) atoms. The minimum absolute atomic E-state index is 0.397. The number of carboxylic acids is 1. The predicted octanol–water partition coefficient (Wildman–Crippen LogP) is 3.15. The molecule has 0 bridgehead atoms. The molecule has 0 aliphatic rings. The van der Waals surface area contributed by atoms with Crippen LogP contribution < -0.4 is 5.32 Å². The largest absolute Gasteiger partial charge is 0.478 e. The third-order valence-corrected chi connectivity index (χ3v) is 2.76. The van der Waals surface area contributed by atoms with Crippen LogP contribution in [0, 0.1) is 0 Å². The first-order chi connectivity index (χ1) is 10.3. The molecule has 5 heteroatoms. The van der Waals surface area contributed by atoms with E-state index in [0.717, 1.165) is 18.1 Å². The number of nitrogens with one attached hydrogen (secondary N) is 1. The summed E-state index contributed by atoms with van der Waals surface area (Å²) in [5.74, 6) is -1.05. The smallest absolute Gasteiger partial charge is 0.408 e. The molecule has 0 aromatic heterocycles. The van der Waals surface area contributed by atoms with Gasteiger partial charge in [0.1, 0.15) is 5.60 Å². The van der Waals surface area contributed by atoms with E-state index in [0.29, 0.717) is 6.42 Å². The monoisotopic (exact) mass is 305 g/mol. The van der Waals surface area contributed by atoms with Gasteiger partial charge in [-0.25, -0.2) is 9.59 Å². The second kappa shape index (κ2) is 8.22. The van der Waals surface area contributed by atoms with Gasteiger partial charge in [-0.3, -0.25) is 0 Å². The summed E-state index contributed by atoms with van der Waals surface area (Å²) < 4.78 is 5.20. The molecule has 1 aromatic carbocycles. The number of aryl methyl sites for hydroxylation is 1. The average molecular weight is 305 g/mol. The number of carbonyl (C=O) groups is 2. The van der Waals surface area contributed by atoms with Crippen molar-refractivity contribution in [1.29, 1.82) is 0 Å². The maximum atomic E-state index is 11.8. The topological polar surface area (TPSA) is 75.6 Å². The summed E-state index contributed by atoms with van der Waals surface area (Å²) in [5, 5.41) is 11.4. The third kappa shape index (κ3) is 8.09. The molecule has 1 unspecified atom stereocenters. The first-order valence-corrected chi connectivity index (χ1v) is 7.21. The second-order valence-corrected chi connectivity index (χ2v) is 5.97. The van der Waals surface area contributed by atoms with E-state index in [2.05, 4.69) is 5.32 Å². The van der Waals surface area contributed by atoms with E-state index < -0.39 is 23.7 Å². The Balaban J connectivity index is 2.63. The van der Waals surface area contributed by atoms with Gasteiger partial charge in [0.25, 0.3) is 0 Å². The number of benzene rings is 1. The Bertz CT molecular complexity index is 517. The number of hydrogen-bond acceptors (Lipinski definition) is 3. The molecule has 0 heterocycles. The van der Waals surface area contributed by atoms with Crippen molar-refractivity contribution in [2.24, 2.45) is 0 Å². The standard InChI is InChI=1S/C17H23NO4/c1-17(2,3)22-16(21)18-14(11-12-15(19)20)10-9-13-7-5-4-6-8-13/h4-8,11-12,14H,9-10H2,1-3H3,(H,18,21)(H,19,20). The van der Waals surface area contributed by atoms with Gasteiger partial charge in [-0.2, -0.15) is 0 Å². The summed E-state index contributed by atoms with van der Waals surface area (Å²) in [6.45, 7) is 5.33. The predicted molar refractivity (Wildman–Crippen MR) is 84.7 cm³/mol. The quantitative estimate of drug-likeness (QED) is 0.792. The fourth-order valence-corrected chi connectivity index (χ4v) is 1.84. The summed E-state index contributed by atoms with van der Waals surface area (Å²) in [6, 6.07) is 9.41. The molecule has 2 N–H and O–H groups in total. The second-order valence-electron chi connectivity index (χ2n) is 5.97. The van der Waals surface area contributed by atoms with E-state index in [1.54, 1.807) is 20.8 Å². The molecule has 0 radical (unpaired) electrons. The Hall–Kier alpha value is -2.30. The lowest BCUT2D eigenvalue weighted by Crippen LogP contribution is -2.38. The highest BCUT2D eigenvalue weighted by molar-refractivity contribution is 5.80. The highest BCUT2D eigenvalue weighted by Gasteiger charge is 2.18. The summed E-state index contributed by atoms with van der Waals surface area (Å²) >= 11 is 0. The number of ether oxygens (including phenoxy) is 1. The maximum Gasteiger partial charge on any atom is 0.408 e. The Kier molecular flexibility index (Phi) is 6.63. The Morgan fingerprint density at radius 2 is 1.91 bits per heavy atom. The van der Waals surface area contributed by atoms with Gasteiger partial charge in [0, 0.05) is 6.08 Å². The molecule has 0 saturated carbocycles. The summed E-state index contributed by atoms with van der Waals surface area (Å²) in [7, 11) is 0. The molecule has 1 aromatic rings. The fourth-order valence-electron chi connectivity index (χ4n) is 1.84. The van der Waals surface area contributed by atoms with Gasteiger partial charge < -0.3 is 15.2 Å². The zero-order chi connectivity index (χ0) is 16.6. The van der Waals surface area contributed by atoms with E-state index in [4.69, 9.17) is 9.84 Å². The molecule has 1 amide bonds. The van der Waals surface area contributed by atoms with Gasteiger partial charge in [0.05, 0.1) is 6.04 Å². The van der Waals surface area contributed by atoms with Crippen molar-refractivity contribution >= 4 is 12.1 Å². The van der Waals surface area contributed by atoms with Gasteiger partial charge in [0.15, 0.2) is 0 Å². The molecule has 0 fully saturated rings. The highest BCUT2D eigenvalue weighted by atomic mass is 16.6. The third-order valence-electron chi connectivity index (χ3n) is 2.76. The normalized spacial score (nSPS) is 12.9. The number of aliphatic carboxylic acids is 1. The molecule has 120 valence electrons. The summed E-state index contributed by atoms with van der Waals surface area (Å²) in [4.78, 5) is 22.5. The van der Waals surface area contributed by atoms with Gasteiger partial charge in [-0.05, 0) is 39.2 Å². The van der Waals surface area contributed by atoms with Crippen LogP contribution in [0.25, 0.3) is 0 Å². The van der Waals surface area contributed by atoms with E-state index >= 15 is 0 Å². The number of carbonyl (C=O) groups excluding carboxylic acids is 1. The minimum Gasteiger partial charge on any atom is -0.478 e. The molecular weight excluding hydrogens is 282 g/mol. The molecule has 0 aliphatic carbocycles. The van der Waals surface area contributed by atoms with Crippen LogP contribution >= 0.6 is 0 Å². The molecule has 5 nitrogen and oxygen atoms in total. The van der Waals surface area contributed by atoms with Crippen LogP contribution in [0.5, 0.6) is 0 Å². The van der Waals surface area contributed by atoms with Crippen LogP contribution in [-0.2, 0) is 16.0 Å². The van der Waals surface area contributed by atoms with E-state index in [9.17, 15) is 9.59 Å². The van der Waals surface area contributed by atoms with Crippen molar-refractivity contribution in [3.8, 4) is 0 Å². The molecule has 1 atom stereocenters. The fraction of sp³-hybridized carbons (Fsp3) is 0.412. The number of hydrogen-bond donors (Lipinski definition) is 2. The Labute approximate surface area is 131 Å². The van der Waals surface area contributed by atoms with Crippen molar-refractivity contribution in [3.05, 3.63) is 48.0 Å². The van der Waals surface area contributed by atoms with Gasteiger partial charge in [-0.15, -0.1) is 0 Å². The van der Waals surface area contributed by atoms with Crippen LogP contribution in [0.4, 0.5) is 4.79 Å². The van der Waals surface area contributed by atoms with Crippen molar-refractivity contribution in [2.75, 3.05) is 0 Å². The molecule has 0 spiro atoms. The average Bonchev–Trinajstić information content (AvgIpc) is 2.41. The zero-order valence-corrected chi connectivity index (χ0v) is 13.2. The van der Waals surface area contributed by atoms with Gasteiger partial charge in [0.2, 0.25) is 0 Å². The van der Waals surface area contributed by atoms with Crippen LogP contribution in [0.2, 0.25) is 0 Å². The minimum atomic E-state index is -1.05. The molecular formula is C17H23NO4. The number of alkyl carbamates (subject to hydrolysis) is 1. The Morgan fingerprint density at radius 1 is 1.27 bits per heavy atom. The summed E-state index contributed by atoms with van der Waals surface area (Å²) in [5.41, 5.74) is 0.534. The lowest BCUT2D eigenvalue weighted by atomic mass is 10.0. The van der Waals surface area contributed by atoms with E-state index in [1.165, 1.54) is 6.08 Å². The Morgan fingerprint density at radius 3 is 2.45 bits per heavy atom. The number of amides is 1. The SMILES string of the molecule is CC(C)(C)OC(=O)NC(C=CC(=O)O)CCc1ccccc1. The van der Waals surface area contributed by atoms with Gasteiger partial charge in [-0.1, -0.05) is 36.4 Å². The van der Waals surface area contributed by atoms with Crippen molar-refractivity contribution in [1.82, 2.24) is 5.32 Å².